The van der Waals surface area contributed by atoms with E-state index in [2.05, 4.69) is 20.9 Å². The summed E-state index contributed by atoms with van der Waals surface area (Å²) in [5, 5.41) is 9.47. The number of carbonyl (C=O) groups excluding carboxylic acids is 2. The molecule has 2 atom stereocenters. The highest BCUT2D eigenvalue weighted by molar-refractivity contribution is 7.11. The topological polar surface area (TPSA) is 83.1 Å². The molecule has 6 nitrogen and oxygen atoms in total. The van der Waals surface area contributed by atoms with E-state index in [1.54, 1.807) is 18.4 Å². The third kappa shape index (κ3) is 4.19. The largest absolute Gasteiger partial charge is 0.359 e. The van der Waals surface area contributed by atoms with Crippen LogP contribution in [0.25, 0.3) is 0 Å². The van der Waals surface area contributed by atoms with Gasteiger partial charge < -0.3 is 16.0 Å². The lowest BCUT2D eigenvalue weighted by molar-refractivity contribution is -0.126. The first-order valence-corrected chi connectivity index (χ1v) is 8.51. The molecular weight excluding hydrogens is 300 g/mol. The Bertz CT molecular complexity index is 544. The van der Waals surface area contributed by atoms with E-state index in [1.807, 2.05) is 13.8 Å². The van der Waals surface area contributed by atoms with E-state index in [9.17, 15) is 9.59 Å². The Morgan fingerprint density at radius 1 is 1.27 bits per heavy atom. The molecule has 1 aliphatic rings. The highest BCUT2D eigenvalue weighted by Gasteiger charge is 2.31. The molecule has 0 bridgehead atoms. The van der Waals surface area contributed by atoms with Crippen LogP contribution in [0.1, 0.15) is 41.3 Å². The van der Waals surface area contributed by atoms with E-state index in [1.165, 1.54) is 0 Å². The van der Waals surface area contributed by atoms with Crippen LogP contribution in [0.4, 0.5) is 4.79 Å². The predicted octanol–water partition coefficient (Wildman–Crippen LogP) is 1.86. The molecule has 0 saturated heterocycles. The van der Waals surface area contributed by atoms with Gasteiger partial charge in [-0.15, -0.1) is 11.3 Å². The van der Waals surface area contributed by atoms with Crippen molar-refractivity contribution in [1.29, 1.82) is 0 Å². The van der Waals surface area contributed by atoms with Crippen LogP contribution in [-0.2, 0) is 11.3 Å². The summed E-state index contributed by atoms with van der Waals surface area (Å²) in [6, 6.07) is -0.321. The number of hydrogen-bond donors (Lipinski definition) is 3. The summed E-state index contributed by atoms with van der Waals surface area (Å²) in [5.74, 6) is -0.122. The van der Waals surface area contributed by atoms with Crippen molar-refractivity contribution < 1.29 is 9.59 Å². The summed E-state index contributed by atoms with van der Waals surface area (Å²) in [5.41, 5.74) is 0.907. The average molecular weight is 324 g/mol. The molecule has 22 heavy (non-hydrogen) atoms. The van der Waals surface area contributed by atoms with Gasteiger partial charge in [0.05, 0.1) is 23.2 Å². The van der Waals surface area contributed by atoms with Crippen molar-refractivity contribution in [3.8, 4) is 0 Å². The van der Waals surface area contributed by atoms with Crippen molar-refractivity contribution in [3.63, 3.8) is 0 Å². The minimum absolute atomic E-state index is 0.0102. The Morgan fingerprint density at radius 2 is 2.00 bits per heavy atom. The summed E-state index contributed by atoms with van der Waals surface area (Å²) in [6.07, 6.45) is 3.76. The first-order valence-electron chi connectivity index (χ1n) is 7.70. The monoisotopic (exact) mass is 324 g/mol. The fourth-order valence-electron chi connectivity index (χ4n) is 2.92. The summed E-state index contributed by atoms with van der Waals surface area (Å²) in [7, 11) is 1.64. The van der Waals surface area contributed by atoms with Crippen molar-refractivity contribution in [2.45, 2.75) is 52.1 Å². The third-order valence-corrected chi connectivity index (χ3v) is 5.01. The van der Waals surface area contributed by atoms with Gasteiger partial charge in [0.15, 0.2) is 0 Å². The number of nitrogens with zero attached hydrogens (tertiary/aromatic N) is 1. The number of aromatic nitrogens is 1. The molecule has 0 radical (unpaired) electrons. The van der Waals surface area contributed by atoms with E-state index in [0.29, 0.717) is 6.54 Å². The maximum absolute atomic E-state index is 12.1. The Balaban J connectivity index is 1.87. The molecule has 3 N–H and O–H groups in total. The van der Waals surface area contributed by atoms with Gasteiger partial charge in [0.25, 0.3) is 0 Å². The normalized spacial score (nSPS) is 21.2. The second-order valence-corrected chi connectivity index (χ2v) is 7.08. The maximum atomic E-state index is 12.1. The number of thiazole rings is 1. The standard InChI is InChI=1S/C15H24N4O2S/c1-9-13(18-10(2)22-9)8-17-15(21)19-12-7-5-4-6-11(12)14(20)16-3/h11-12H,4-8H2,1-3H3,(H,16,20)(H2,17,19,21)/t11-,12+/m0/s1. The quantitative estimate of drug-likeness (QED) is 0.790. The Morgan fingerprint density at radius 3 is 2.64 bits per heavy atom. The molecule has 0 spiro atoms. The van der Waals surface area contributed by atoms with Crippen LogP contribution < -0.4 is 16.0 Å². The maximum Gasteiger partial charge on any atom is 0.315 e. The highest BCUT2D eigenvalue weighted by Crippen LogP contribution is 2.24. The number of carbonyl (C=O) groups is 2. The molecular formula is C15H24N4O2S. The molecule has 0 aliphatic heterocycles. The second kappa shape index (κ2) is 7.58. The van der Waals surface area contributed by atoms with Crippen molar-refractivity contribution in [2.75, 3.05) is 7.05 Å². The van der Waals surface area contributed by atoms with Crippen molar-refractivity contribution in [2.24, 2.45) is 5.92 Å². The van der Waals surface area contributed by atoms with Gasteiger partial charge in [-0.3, -0.25) is 4.79 Å². The van der Waals surface area contributed by atoms with Gasteiger partial charge in [-0.25, -0.2) is 9.78 Å². The van der Waals surface area contributed by atoms with Crippen LogP contribution >= 0.6 is 11.3 Å². The van der Waals surface area contributed by atoms with Crippen molar-refractivity contribution in [1.82, 2.24) is 20.9 Å². The number of hydrogen-bond acceptors (Lipinski definition) is 4. The fourth-order valence-corrected chi connectivity index (χ4v) is 3.76. The highest BCUT2D eigenvalue weighted by atomic mass is 32.1. The van der Waals surface area contributed by atoms with Gasteiger partial charge in [-0.1, -0.05) is 12.8 Å². The van der Waals surface area contributed by atoms with Crippen molar-refractivity contribution in [3.05, 3.63) is 15.6 Å². The summed E-state index contributed by atoms with van der Waals surface area (Å²) >= 11 is 1.63. The number of rotatable bonds is 4. The molecule has 1 aromatic heterocycles. The predicted molar refractivity (Wildman–Crippen MR) is 86.8 cm³/mol. The van der Waals surface area contributed by atoms with Gasteiger partial charge >= 0.3 is 6.03 Å². The molecule has 1 aromatic rings. The minimum atomic E-state index is -0.231. The number of aryl methyl sites for hydroxylation is 2. The van der Waals surface area contributed by atoms with Gasteiger partial charge in [0.2, 0.25) is 5.91 Å². The van der Waals surface area contributed by atoms with E-state index >= 15 is 0 Å². The van der Waals surface area contributed by atoms with Gasteiger partial charge in [0.1, 0.15) is 0 Å². The zero-order chi connectivity index (χ0) is 16.1. The molecule has 2 rings (SSSR count). The van der Waals surface area contributed by atoms with E-state index in [-0.39, 0.29) is 23.9 Å². The lowest BCUT2D eigenvalue weighted by Crippen LogP contribution is -2.50. The fraction of sp³-hybridized carbons (Fsp3) is 0.667. The first kappa shape index (κ1) is 16.7. The van der Waals surface area contributed by atoms with Crippen LogP contribution in [0.3, 0.4) is 0 Å². The molecule has 0 aromatic carbocycles. The summed E-state index contributed by atoms with van der Waals surface area (Å²) in [4.78, 5) is 29.5. The average Bonchev–Trinajstić information content (AvgIpc) is 2.83. The molecule has 7 heteroatoms. The van der Waals surface area contributed by atoms with Crippen molar-refractivity contribution >= 4 is 23.3 Å². The smallest absolute Gasteiger partial charge is 0.315 e. The van der Waals surface area contributed by atoms with Gasteiger partial charge in [0, 0.05) is 18.0 Å². The number of nitrogens with one attached hydrogen (secondary N) is 3. The summed E-state index contributed by atoms with van der Waals surface area (Å²) in [6.45, 7) is 4.37. The van der Waals surface area contributed by atoms with Gasteiger partial charge in [-0.2, -0.15) is 0 Å². The van der Waals surface area contributed by atoms with E-state index < -0.39 is 0 Å². The lowest BCUT2D eigenvalue weighted by atomic mass is 9.84. The minimum Gasteiger partial charge on any atom is -0.359 e. The first-order chi connectivity index (χ1) is 10.5. The van der Waals surface area contributed by atoms with Crippen LogP contribution in [0.15, 0.2) is 0 Å². The second-order valence-electron chi connectivity index (χ2n) is 5.67. The van der Waals surface area contributed by atoms with Gasteiger partial charge in [-0.05, 0) is 26.7 Å². The van der Waals surface area contributed by atoms with Crippen LogP contribution in [-0.4, -0.2) is 30.0 Å². The molecule has 3 amide bonds. The van der Waals surface area contributed by atoms with Crippen LogP contribution in [0, 0.1) is 19.8 Å². The Labute approximate surface area is 135 Å². The molecule has 122 valence electrons. The third-order valence-electron chi connectivity index (χ3n) is 4.08. The SMILES string of the molecule is CNC(=O)[C@H]1CCCC[C@H]1NC(=O)NCc1nc(C)sc1C. The zero-order valence-corrected chi connectivity index (χ0v) is 14.2. The number of urea groups is 1. The Hall–Kier alpha value is -1.63. The molecule has 1 saturated carbocycles. The Kier molecular flexibility index (Phi) is 5.76. The molecule has 0 unspecified atom stereocenters. The molecule has 1 fully saturated rings. The zero-order valence-electron chi connectivity index (χ0n) is 13.4. The summed E-state index contributed by atoms with van der Waals surface area (Å²) < 4.78 is 0. The molecule has 1 heterocycles. The van der Waals surface area contributed by atoms with E-state index in [0.717, 1.165) is 41.3 Å². The molecule has 1 aliphatic carbocycles. The van der Waals surface area contributed by atoms with Crippen LogP contribution in [0.5, 0.6) is 0 Å². The number of amides is 3. The van der Waals surface area contributed by atoms with E-state index in [4.69, 9.17) is 0 Å². The van der Waals surface area contributed by atoms with Crippen LogP contribution in [0.2, 0.25) is 0 Å². The lowest BCUT2D eigenvalue weighted by Gasteiger charge is -2.30.